The quantitative estimate of drug-likeness (QED) is 0.0922. The molecule has 0 saturated carbocycles. The molecule has 3 heteroatoms. The Morgan fingerprint density at radius 2 is 1.21 bits per heavy atom. The molecule has 0 bridgehead atoms. The van der Waals surface area contributed by atoms with Crippen LogP contribution in [-0.2, 0) is 17.5 Å². The van der Waals surface area contributed by atoms with Crippen molar-refractivity contribution in [1.82, 2.24) is 0 Å². The van der Waals surface area contributed by atoms with Gasteiger partial charge in [0.15, 0.2) is 0 Å². The zero-order chi connectivity index (χ0) is 28.1. The van der Waals surface area contributed by atoms with Gasteiger partial charge in [-0.3, -0.25) is 0 Å². The number of rotatable bonds is 25. The molecule has 1 unspecified atom stereocenters. The van der Waals surface area contributed by atoms with Gasteiger partial charge in [0.05, 0.1) is 0 Å². The summed E-state index contributed by atoms with van der Waals surface area (Å²) < 4.78 is 0. The van der Waals surface area contributed by atoms with Crippen LogP contribution in [-0.4, -0.2) is 19.9 Å². The number of unbranched alkanes of at least 4 members (excludes halogenated alkanes) is 11. The van der Waals surface area contributed by atoms with Crippen LogP contribution in [0.3, 0.4) is 0 Å². The summed E-state index contributed by atoms with van der Waals surface area (Å²) in [5.41, 5.74) is 3.68. The zero-order valence-electron chi connectivity index (χ0n) is 26.8. The third kappa shape index (κ3) is 14.5. The van der Waals surface area contributed by atoms with Crippen molar-refractivity contribution in [1.29, 1.82) is 0 Å². The minimum atomic E-state index is -0.134. The van der Waals surface area contributed by atoms with Gasteiger partial charge in [0.25, 0.3) is 0 Å². The van der Waals surface area contributed by atoms with E-state index in [1.807, 2.05) is 0 Å². The summed E-state index contributed by atoms with van der Waals surface area (Å²) in [7, 11) is 0.706. The molecule has 216 valence electrons. The molecule has 38 heavy (non-hydrogen) atoms. The molecule has 0 aliphatic heterocycles. The molecule has 0 N–H and O–H groups in total. The molecule has 0 aliphatic carbocycles. The van der Waals surface area contributed by atoms with E-state index in [4.69, 9.17) is 0 Å². The first-order valence-corrected chi connectivity index (χ1v) is 16.9. The Labute approximate surface area is 240 Å². The summed E-state index contributed by atoms with van der Waals surface area (Å²) in [6.45, 7) is 16.3. The van der Waals surface area contributed by atoms with Crippen molar-refractivity contribution in [2.75, 3.05) is 0 Å². The van der Waals surface area contributed by atoms with E-state index in [1.165, 1.54) is 120 Å². The number of carbonyl (C=O) groups is 1. The van der Waals surface area contributed by atoms with Crippen molar-refractivity contribution in [3.8, 4) is 0 Å². The van der Waals surface area contributed by atoms with Gasteiger partial charge in [-0.2, -0.15) is 0 Å². The van der Waals surface area contributed by atoms with Gasteiger partial charge in [-0.15, -0.1) is 0 Å². The first-order chi connectivity index (χ1) is 18.3. The maximum atomic E-state index is 13.7. The Kier molecular flexibility index (Phi) is 19.4. The van der Waals surface area contributed by atoms with Crippen LogP contribution in [0.15, 0.2) is 18.1 Å². The third-order valence-electron chi connectivity index (χ3n) is 9.21. The van der Waals surface area contributed by atoms with Gasteiger partial charge in [0.1, 0.15) is 0 Å². The SMILES string of the molecule is CCCCCCCC(C)(CCCC)Cc1bcccc1CBC(=O)C(C)(CCCCCC)CCCCCC. The van der Waals surface area contributed by atoms with E-state index >= 15 is 0 Å². The molecule has 0 aliphatic rings. The van der Waals surface area contributed by atoms with Crippen molar-refractivity contribution >= 4 is 19.9 Å². The summed E-state index contributed by atoms with van der Waals surface area (Å²) in [4.78, 5) is 13.7. The Balaban J connectivity index is 2.88. The van der Waals surface area contributed by atoms with E-state index in [9.17, 15) is 4.79 Å². The zero-order valence-corrected chi connectivity index (χ0v) is 26.8. The number of carbonyl (C=O) groups excluding carboxylic acids is 1. The van der Waals surface area contributed by atoms with E-state index in [0.29, 0.717) is 18.4 Å². The Bertz CT molecular complexity index is 718. The van der Waals surface area contributed by atoms with Crippen LogP contribution in [0, 0.1) is 10.8 Å². The van der Waals surface area contributed by atoms with Gasteiger partial charge in [0, 0.05) is 0 Å². The van der Waals surface area contributed by atoms with Gasteiger partial charge >= 0.3 is 241 Å². The third-order valence-corrected chi connectivity index (χ3v) is 9.21. The molecule has 0 aromatic carbocycles. The molecule has 1 heterocycles. The molecule has 0 fully saturated rings. The molecular formula is C35H64B2O. The Morgan fingerprint density at radius 3 is 1.79 bits per heavy atom. The summed E-state index contributed by atoms with van der Waals surface area (Å²) in [6.07, 6.45) is 26.3. The van der Waals surface area contributed by atoms with Crippen LogP contribution in [0.25, 0.3) is 0 Å². The molecular weight excluding hydrogens is 458 g/mol. The molecule has 1 rings (SSSR count). The van der Waals surface area contributed by atoms with Crippen molar-refractivity contribution in [3.63, 3.8) is 0 Å². The van der Waals surface area contributed by atoms with Gasteiger partial charge < -0.3 is 0 Å². The van der Waals surface area contributed by atoms with E-state index in [-0.39, 0.29) is 5.41 Å². The second-order valence-electron chi connectivity index (χ2n) is 13.1. The van der Waals surface area contributed by atoms with Crippen molar-refractivity contribution in [3.05, 3.63) is 29.1 Å². The molecule has 1 aromatic rings. The van der Waals surface area contributed by atoms with Crippen molar-refractivity contribution in [2.24, 2.45) is 10.8 Å². The topological polar surface area (TPSA) is 17.1 Å². The Morgan fingerprint density at radius 1 is 0.711 bits per heavy atom. The second-order valence-corrected chi connectivity index (χ2v) is 13.1. The van der Waals surface area contributed by atoms with Crippen molar-refractivity contribution in [2.45, 2.75) is 176 Å². The van der Waals surface area contributed by atoms with E-state index in [2.05, 4.69) is 66.5 Å². The summed E-state index contributed by atoms with van der Waals surface area (Å²) in [5.74, 6) is 2.22. The Hall–Kier alpha value is -0.850. The molecule has 1 aromatic heterocycles. The van der Waals surface area contributed by atoms with Crippen LogP contribution in [0.5, 0.6) is 0 Å². The molecule has 0 saturated heterocycles. The molecule has 1 atom stereocenters. The van der Waals surface area contributed by atoms with Crippen LogP contribution in [0.2, 0.25) is 0 Å². The minimum absolute atomic E-state index is 0.134. The van der Waals surface area contributed by atoms with E-state index in [1.54, 1.807) is 0 Å². The van der Waals surface area contributed by atoms with Crippen molar-refractivity contribution < 1.29 is 4.79 Å². The fraction of sp³-hybridized carbons (Fsp3) is 0.829. The van der Waals surface area contributed by atoms with Gasteiger partial charge in [-0.05, 0) is 0 Å². The average Bonchev–Trinajstić information content (AvgIpc) is 2.91. The predicted molar refractivity (Wildman–Crippen MR) is 174 cm³/mol. The van der Waals surface area contributed by atoms with Crippen LogP contribution in [0.1, 0.15) is 175 Å². The second kappa shape index (κ2) is 21.0. The van der Waals surface area contributed by atoms with E-state index in [0.717, 1.165) is 25.6 Å². The number of hydrogen-bond donors (Lipinski definition) is 0. The molecule has 0 amide bonds. The molecule has 0 spiro atoms. The normalized spacial score (nSPS) is 13.3. The summed E-state index contributed by atoms with van der Waals surface area (Å²) in [5, 5.41) is 0. The standard InChI is InChI=1S/C35H64B2O/c1-7-11-15-18-19-25-34(5,24-14-10-4)29-32-31(23-22-28-36-32)30-37-33(38)35(6,26-20-16-12-8-2)27-21-17-13-9-3/h22-23,28,37H,7-21,24-27,29-30H2,1-6H3. The average molecular weight is 523 g/mol. The monoisotopic (exact) mass is 523 g/mol. The van der Waals surface area contributed by atoms with Crippen LogP contribution >= 0.6 is 0 Å². The summed E-state index contributed by atoms with van der Waals surface area (Å²) >= 11 is 0. The van der Waals surface area contributed by atoms with Crippen LogP contribution in [0.4, 0.5) is 0 Å². The fourth-order valence-corrected chi connectivity index (χ4v) is 6.33. The van der Waals surface area contributed by atoms with Gasteiger partial charge in [-0.1, -0.05) is 0 Å². The van der Waals surface area contributed by atoms with Crippen LogP contribution < -0.4 is 0 Å². The first-order valence-electron chi connectivity index (χ1n) is 16.9. The predicted octanol–water partition coefficient (Wildman–Crippen LogP) is 10.5. The van der Waals surface area contributed by atoms with E-state index < -0.39 is 0 Å². The van der Waals surface area contributed by atoms with Gasteiger partial charge in [0.2, 0.25) is 0 Å². The van der Waals surface area contributed by atoms with Gasteiger partial charge in [-0.25, -0.2) is 0 Å². The number of hydrogen-bond acceptors (Lipinski definition) is 1. The fourth-order valence-electron chi connectivity index (χ4n) is 6.33. The molecule has 1 nitrogen and oxygen atoms in total. The maximum absolute atomic E-state index is 13.7. The first kappa shape index (κ1) is 35.2. The summed E-state index contributed by atoms with van der Waals surface area (Å²) in [6, 6.07) is 4.50. The molecule has 0 radical (unpaired) electrons.